The second-order valence-electron chi connectivity index (χ2n) is 19.5. The Morgan fingerprint density at radius 1 is 0.299 bits per heavy atom. The maximum Gasteiger partial charge on any atom is 0.306 e. The molecule has 0 saturated heterocycles. The first kappa shape index (κ1) is 64.4. The first-order valence-electron chi connectivity index (χ1n) is 29.1. The third-order valence-corrected chi connectivity index (χ3v) is 12.8. The maximum atomic E-state index is 12.8. The highest BCUT2D eigenvalue weighted by Crippen LogP contribution is 2.15. The molecule has 0 aliphatic heterocycles. The van der Waals surface area contributed by atoms with E-state index in [1.165, 1.54) is 180 Å². The molecule has 0 radical (unpaired) electrons. The number of ether oxygens (including phenoxy) is 3. The minimum atomic E-state index is -0.780. The number of esters is 3. The Labute approximate surface area is 416 Å². The number of hydrogen-bond donors (Lipinski definition) is 0. The Kier molecular flexibility index (Phi) is 53.8. The van der Waals surface area contributed by atoms with Gasteiger partial charge >= 0.3 is 17.9 Å². The zero-order valence-electron chi connectivity index (χ0n) is 44.7. The molecular formula is C61H110O6. The van der Waals surface area contributed by atoms with Crippen LogP contribution in [0.1, 0.15) is 303 Å². The molecule has 1 atom stereocenters. The van der Waals surface area contributed by atoms with Gasteiger partial charge in [0.25, 0.3) is 0 Å². The van der Waals surface area contributed by atoms with Crippen LogP contribution in [0.25, 0.3) is 0 Å². The van der Waals surface area contributed by atoms with E-state index in [-0.39, 0.29) is 31.1 Å². The van der Waals surface area contributed by atoms with Gasteiger partial charge in [0.15, 0.2) is 6.10 Å². The molecule has 0 spiro atoms. The number of unbranched alkanes of at least 4 members (excludes halogenated alkanes) is 34. The average Bonchev–Trinajstić information content (AvgIpc) is 3.33. The summed E-state index contributed by atoms with van der Waals surface area (Å²) >= 11 is 0. The molecule has 0 saturated carbocycles. The lowest BCUT2D eigenvalue weighted by atomic mass is 10.0. The summed E-state index contributed by atoms with van der Waals surface area (Å²) in [7, 11) is 0. The zero-order valence-corrected chi connectivity index (χ0v) is 44.7. The summed E-state index contributed by atoms with van der Waals surface area (Å²) in [5.41, 5.74) is 0. The number of allylic oxidation sites excluding steroid dienone is 8. The Morgan fingerprint density at radius 3 is 0.866 bits per heavy atom. The van der Waals surface area contributed by atoms with E-state index in [9.17, 15) is 14.4 Å². The van der Waals surface area contributed by atoms with Crippen molar-refractivity contribution in [2.75, 3.05) is 13.2 Å². The van der Waals surface area contributed by atoms with Crippen molar-refractivity contribution < 1.29 is 28.6 Å². The fraction of sp³-hybridized carbons (Fsp3) is 0.820. The van der Waals surface area contributed by atoms with E-state index in [4.69, 9.17) is 14.2 Å². The molecule has 0 aliphatic carbocycles. The fourth-order valence-corrected chi connectivity index (χ4v) is 8.35. The lowest BCUT2D eigenvalue weighted by molar-refractivity contribution is -0.167. The molecule has 0 aromatic carbocycles. The molecule has 0 aliphatic rings. The van der Waals surface area contributed by atoms with E-state index >= 15 is 0 Å². The molecule has 0 aromatic heterocycles. The molecule has 0 bridgehead atoms. The van der Waals surface area contributed by atoms with Crippen molar-refractivity contribution in [2.24, 2.45) is 0 Å². The van der Waals surface area contributed by atoms with Crippen molar-refractivity contribution in [1.82, 2.24) is 0 Å². The van der Waals surface area contributed by atoms with Gasteiger partial charge in [-0.1, -0.05) is 230 Å². The summed E-state index contributed by atoms with van der Waals surface area (Å²) in [4.78, 5) is 38.1. The minimum absolute atomic E-state index is 0.0786. The van der Waals surface area contributed by atoms with Gasteiger partial charge in [0, 0.05) is 19.3 Å². The molecule has 0 rings (SSSR count). The number of rotatable bonds is 53. The third-order valence-electron chi connectivity index (χ3n) is 12.8. The van der Waals surface area contributed by atoms with Crippen molar-refractivity contribution in [3.05, 3.63) is 48.6 Å². The lowest BCUT2D eigenvalue weighted by Crippen LogP contribution is -2.30. The van der Waals surface area contributed by atoms with Crippen LogP contribution < -0.4 is 0 Å². The van der Waals surface area contributed by atoms with Gasteiger partial charge in [-0.25, -0.2) is 0 Å². The Bertz CT molecular complexity index is 1170. The highest BCUT2D eigenvalue weighted by atomic mass is 16.6. The van der Waals surface area contributed by atoms with Crippen LogP contribution in [0.2, 0.25) is 0 Å². The van der Waals surface area contributed by atoms with Gasteiger partial charge in [-0.2, -0.15) is 0 Å². The van der Waals surface area contributed by atoms with Crippen LogP contribution in [0.5, 0.6) is 0 Å². The first-order valence-corrected chi connectivity index (χ1v) is 29.1. The zero-order chi connectivity index (χ0) is 48.6. The van der Waals surface area contributed by atoms with Gasteiger partial charge in [-0.15, -0.1) is 0 Å². The van der Waals surface area contributed by atoms with Crippen molar-refractivity contribution in [2.45, 2.75) is 309 Å². The molecule has 6 heteroatoms. The van der Waals surface area contributed by atoms with Crippen LogP contribution in [-0.2, 0) is 28.6 Å². The summed E-state index contributed by atoms with van der Waals surface area (Å²) < 4.78 is 16.8. The highest BCUT2D eigenvalue weighted by Gasteiger charge is 2.19. The Balaban J connectivity index is 4.28. The van der Waals surface area contributed by atoms with Gasteiger partial charge in [0.2, 0.25) is 0 Å². The summed E-state index contributed by atoms with van der Waals surface area (Å²) in [5.74, 6) is -0.887. The van der Waals surface area contributed by atoms with Crippen molar-refractivity contribution in [3.63, 3.8) is 0 Å². The maximum absolute atomic E-state index is 12.8. The summed E-state index contributed by atoms with van der Waals surface area (Å²) in [6.07, 6.45) is 68.2. The summed E-state index contributed by atoms with van der Waals surface area (Å²) in [6.45, 7) is 6.61. The molecule has 0 N–H and O–H groups in total. The summed E-state index contributed by atoms with van der Waals surface area (Å²) in [6, 6.07) is 0. The van der Waals surface area contributed by atoms with Crippen LogP contribution in [0.15, 0.2) is 48.6 Å². The van der Waals surface area contributed by atoms with Gasteiger partial charge in [0.1, 0.15) is 13.2 Å². The monoisotopic (exact) mass is 939 g/mol. The standard InChI is InChI=1S/C61H110O6/c1-4-7-10-13-16-19-22-25-27-28-29-30-31-32-33-34-35-37-39-42-45-48-51-54-60(63)66-57-58(56-65-59(62)53-50-47-44-41-38-24-21-18-15-12-9-6-3)67-61(64)55-52-49-46-43-40-36-26-23-20-17-14-11-8-5-2/h18,21-23,25-26,28-29,58H,4-17,19-20,24,27,30-57H2,1-3H3/b21-18-,25-22-,26-23-,29-28-. The molecule has 6 nitrogen and oxygen atoms in total. The summed E-state index contributed by atoms with van der Waals surface area (Å²) in [5, 5.41) is 0. The Hall–Kier alpha value is -2.63. The van der Waals surface area contributed by atoms with E-state index in [2.05, 4.69) is 69.4 Å². The molecule has 0 heterocycles. The van der Waals surface area contributed by atoms with Gasteiger partial charge in [0.05, 0.1) is 0 Å². The lowest BCUT2D eigenvalue weighted by Gasteiger charge is -2.18. The normalized spacial score (nSPS) is 12.3. The van der Waals surface area contributed by atoms with E-state index in [0.717, 1.165) is 83.5 Å². The molecule has 0 aromatic rings. The third kappa shape index (κ3) is 54.2. The first-order chi connectivity index (χ1) is 33.0. The van der Waals surface area contributed by atoms with E-state index in [0.29, 0.717) is 19.3 Å². The van der Waals surface area contributed by atoms with E-state index in [1.54, 1.807) is 0 Å². The van der Waals surface area contributed by atoms with Crippen molar-refractivity contribution >= 4 is 17.9 Å². The minimum Gasteiger partial charge on any atom is -0.462 e. The Morgan fingerprint density at radius 2 is 0.537 bits per heavy atom. The van der Waals surface area contributed by atoms with Crippen LogP contribution in [0.3, 0.4) is 0 Å². The number of hydrogen-bond acceptors (Lipinski definition) is 6. The topological polar surface area (TPSA) is 78.9 Å². The van der Waals surface area contributed by atoms with Gasteiger partial charge in [-0.05, 0) is 103 Å². The number of carbonyl (C=O) groups is 3. The fourth-order valence-electron chi connectivity index (χ4n) is 8.35. The molecule has 390 valence electrons. The van der Waals surface area contributed by atoms with E-state index < -0.39 is 6.10 Å². The SMILES string of the molecule is CCCCC/C=C\CCCCCCCC(=O)OCC(COC(=O)CCCCCCCCCCCCC/C=C\C/C=C\CCCCCCC)OC(=O)CCCCCCC/C=C\CCCCCCC. The second-order valence-corrected chi connectivity index (χ2v) is 19.5. The van der Waals surface area contributed by atoms with Crippen molar-refractivity contribution in [1.29, 1.82) is 0 Å². The highest BCUT2D eigenvalue weighted by molar-refractivity contribution is 5.71. The van der Waals surface area contributed by atoms with Crippen LogP contribution in [-0.4, -0.2) is 37.2 Å². The molecule has 1 unspecified atom stereocenters. The molecule has 67 heavy (non-hydrogen) atoms. The smallest absolute Gasteiger partial charge is 0.306 e. The second kappa shape index (κ2) is 56.0. The quantitative estimate of drug-likeness (QED) is 0.0262. The molecule has 0 fully saturated rings. The van der Waals surface area contributed by atoms with Crippen LogP contribution >= 0.6 is 0 Å². The molecule has 0 amide bonds. The molecular weight excluding hydrogens is 829 g/mol. The predicted molar refractivity (Wildman–Crippen MR) is 289 cm³/mol. The predicted octanol–water partition coefficient (Wildman–Crippen LogP) is 19.4. The average molecular weight is 940 g/mol. The largest absolute Gasteiger partial charge is 0.462 e. The van der Waals surface area contributed by atoms with Crippen LogP contribution in [0.4, 0.5) is 0 Å². The number of carbonyl (C=O) groups excluding carboxylic acids is 3. The van der Waals surface area contributed by atoms with Crippen molar-refractivity contribution in [3.8, 4) is 0 Å². The van der Waals surface area contributed by atoms with Gasteiger partial charge < -0.3 is 14.2 Å². The van der Waals surface area contributed by atoms with Crippen LogP contribution in [0, 0.1) is 0 Å². The van der Waals surface area contributed by atoms with E-state index in [1.807, 2.05) is 0 Å². The van der Waals surface area contributed by atoms with Gasteiger partial charge in [-0.3, -0.25) is 14.4 Å².